The molecule has 0 radical (unpaired) electrons. The van der Waals surface area contributed by atoms with Crippen molar-refractivity contribution in [2.75, 3.05) is 13.1 Å². The van der Waals surface area contributed by atoms with Gasteiger partial charge < -0.3 is 11.1 Å². The maximum atomic E-state index is 11.7. The van der Waals surface area contributed by atoms with Crippen molar-refractivity contribution in [3.8, 4) is 0 Å². The zero-order valence-corrected chi connectivity index (χ0v) is 9.92. The van der Waals surface area contributed by atoms with Crippen molar-refractivity contribution < 1.29 is 4.79 Å². The standard InChI is InChI=1S/C12H15ClN2O/c1-9-8-10(13)4-5-11(9)12(16)15-7-3-2-6-14/h2-5,8H,6-7,14H2,1H3,(H,15,16)/b3-2+. The lowest BCUT2D eigenvalue weighted by molar-refractivity contribution is 0.0957. The molecule has 0 heterocycles. The second-order valence-electron chi connectivity index (χ2n) is 3.38. The van der Waals surface area contributed by atoms with Crippen molar-refractivity contribution in [2.45, 2.75) is 6.92 Å². The molecule has 3 nitrogen and oxygen atoms in total. The van der Waals surface area contributed by atoms with Gasteiger partial charge in [-0.25, -0.2) is 0 Å². The van der Waals surface area contributed by atoms with Crippen LogP contribution in [0.1, 0.15) is 15.9 Å². The van der Waals surface area contributed by atoms with E-state index in [1.54, 1.807) is 24.3 Å². The highest BCUT2D eigenvalue weighted by atomic mass is 35.5. The number of carbonyl (C=O) groups is 1. The zero-order chi connectivity index (χ0) is 12.0. The summed E-state index contributed by atoms with van der Waals surface area (Å²) in [6.07, 6.45) is 3.62. The molecule has 0 unspecified atom stereocenters. The maximum absolute atomic E-state index is 11.7. The molecule has 4 heteroatoms. The van der Waals surface area contributed by atoms with E-state index in [-0.39, 0.29) is 5.91 Å². The fourth-order valence-corrected chi connectivity index (χ4v) is 1.53. The van der Waals surface area contributed by atoms with Crippen molar-refractivity contribution in [3.63, 3.8) is 0 Å². The fraction of sp³-hybridized carbons (Fsp3) is 0.250. The number of hydrogen-bond acceptors (Lipinski definition) is 2. The molecule has 1 rings (SSSR count). The molecule has 3 N–H and O–H groups in total. The second-order valence-corrected chi connectivity index (χ2v) is 3.81. The summed E-state index contributed by atoms with van der Waals surface area (Å²) in [7, 11) is 0. The first-order valence-electron chi connectivity index (χ1n) is 5.04. The van der Waals surface area contributed by atoms with Crippen LogP contribution in [0.2, 0.25) is 5.02 Å². The normalized spacial score (nSPS) is 10.7. The Morgan fingerprint density at radius 3 is 2.88 bits per heavy atom. The van der Waals surface area contributed by atoms with E-state index in [9.17, 15) is 4.79 Å². The largest absolute Gasteiger partial charge is 0.349 e. The van der Waals surface area contributed by atoms with E-state index in [2.05, 4.69) is 5.32 Å². The Kier molecular flexibility index (Phi) is 5.02. The van der Waals surface area contributed by atoms with Crippen molar-refractivity contribution in [2.24, 2.45) is 5.73 Å². The lowest BCUT2D eigenvalue weighted by atomic mass is 10.1. The monoisotopic (exact) mass is 238 g/mol. The minimum Gasteiger partial charge on any atom is -0.349 e. The summed E-state index contributed by atoms with van der Waals surface area (Å²) in [6, 6.07) is 5.20. The molecule has 0 aliphatic carbocycles. The van der Waals surface area contributed by atoms with E-state index in [0.29, 0.717) is 23.7 Å². The summed E-state index contributed by atoms with van der Waals surface area (Å²) < 4.78 is 0. The Balaban J connectivity index is 2.63. The van der Waals surface area contributed by atoms with Crippen LogP contribution in [0.5, 0.6) is 0 Å². The quantitative estimate of drug-likeness (QED) is 0.788. The van der Waals surface area contributed by atoms with Crippen LogP contribution in [0.15, 0.2) is 30.4 Å². The summed E-state index contributed by atoms with van der Waals surface area (Å²) in [4.78, 5) is 11.7. The lowest BCUT2D eigenvalue weighted by Crippen LogP contribution is -2.24. The third kappa shape index (κ3) is 3.68. The first-order valence-corrected chi connectivity index (χ1v) is 5.42. The molecule has 0 atom stereocenters. The molecule has 1 aromatic carbocycles. The summed E-state index contributed by atoms with van der Waals surface area (Å²) >= 11 is 5.81. The first kappa shape index (κ1) is 12.7. The molecule has 0 fully saturated rings. The van der Waals surface area contributed by atoms with E-state index in [0.717, 1.165) is 5.56 Å². The summed E-state index contributed by atoms with van der Waals surface area (Å²) in [5, 5.41) is 3.41. The van der Waals surface area contributed by atoms with Crippen molar-refractivity contribution in [1.29, 1.82) is 0 Å². The van der Waals surface area contributed by atoms with Crippen LogP contribution in [-0.4, -0.2) is 19.0 Å². The Morgan fingerprint density at radius 1 is 1.50 bits per heavy atom. The molecule has 1 amide bonds. The number of nitrogens with one attached hydrogen (secondary N) is 1. The van der Waals surface area contributed by atoms with E-state index >= 15 is 0 Å². The molecule has 0 saturated carbocycles. The average molecular weight is 239 g/mol. The van der Waals surface area contributed by atoms with E-state index in [1.165, 1.54) is 0 Å². The molecule has 0 aliphatic rings. The summed E-state index contributed by atoms with van der Waals surface area (Å²) in [5.74, 6) is -0.101. The Hall–Kier alpha value is -1.32. The summed E-state index contributed by atoms with van der Waals surface area (Å²) in [6.45, 7) is 2.82. The Morgan fingerprint density at radius 2 is 2.25 bits per heavy atom. The molecule has 0 aromatic heterocycles. The van der Waals surface area contributed by atoms with Crippen LogP contribution in [0.25, 0.3) is 0 Å². The molecule has 86 valence electrons. The topological polar surface area (TPSA) is 55.1 Å². The number of hydrogen-bond donors (Lipinski definition) is 2. The van der Waals surface area contributed by atoms with Crippen LogP contribution < -0.4 is 11.1 Å². The van der Waals surface area contributed by atoms with Gasteiger partial charge in [-0.2, -0.15) is 0 Å². The highest BCUT2D eigenvalue weighted by Crippen LogP contribution is 2.14. The van der Waals surface area contributed by atoms with Gasteiger partial charge in [-0.3, -0.25) is 4.79 Å². The zero-order valence-electron chi connectivity index (χ0n) is 9.16. The Bertz CT molecular complexity index is 402. The highest BCUT2D eigenvalue weighted by Gasteiger charge is 2.07. The van der Waals surface area contributed by atoms with Gasteiger partial charge in [-0.15, -0.1) is 0 Å². The molecular formula is C12H15ClN2O. The molecule has 0 aliphatic heterocycles. The van der Waals surface area contributed by atoms with Gasteiger partial charge in [0.05, 0.1) is 0 Å². The van der Waals surface area contributed by atoms with Gasteiger partial charge in [0.25, 0.3) is 5.91 Å². The van der Waals surface area contributed by atoms with Crippen LogP contribution in [-0.2, 0) is 0 Å². The predicted octanol–water partition coefficient (Wildman–Crippen LogP) is 1.89. The van der Waals surface area contributed by atoms with Crippen molar-refractivity contribution in [3.05, 3.63) is 46.5 Å². The number of carbonyl (C=O) groups excluding carboxylic acids is 1. The van der Waals surface area contributed by atoms with Gasteiger partial charge in [-0.1, -0.05) is 23.8 Å². The number of nitrogens with two attached hydrogens (primary N) is 1. The third-order valence-corrected chi connectivity index (χ3v) is 2.35. The molecule has 0 spiro atoms. The van der Waals surface area contributed by atoms with Gasteiger partial charge in [0.1, 0.15) is 0 Å². The van der Waals surface area contributed by atoms with Crippen molar-refractivity contribution >= 4 is 17.5 Å². The van der Waals surface area contributed by atoms with E-state index < -0.39 is 0 Å². The van der Waals surface area contributed by atoms with Crippen LogP contribution in [0.3, 0.4) is 0 Å². The van der Waals surface area contributed by atoms with Crippen LogP contribution in [0, 0.1) is 6.92 Å². The number of benzene rings is 1. The summed E-state index contributed by atoms with van der Waals surface area (Å²) in [5.41, 5.74) is 6.80. The Labute approximate surface area is 100 Å². The number of halogens is 1. The second kappa shape index (κ2) is 6.30. The molecule has 0 saturated heterocycles. The SMILES string of the molecule is Cc1cc(Cl)ccc1C(=O)NC/C=C/CN. The van der Waals surface area contributed by atoms with Gasteiger partial charge >= 0.3 is 0 Å². The number of amides is 1. The van der Waals surface area contributed by atoms with Crippen LogP contribution >= 0.6 is 11.6 Å². The molecule has 0 bridgehead atoms. The van der Waals surface area contributed by atoms with Crippen LogP contribution in [0.4, 0.5) is 0 Å². The van der Waals surface area contributed by atoms with Gasteiger partial charge in [0.15, 0.2) is 0 Å². The minimum atomic E-state index is -0.101. The predicted molar refractivity (Wildman–Crippen MR) is 66.7 cm³/mol. The van der Waals surface area contributed by atoms with Gasteiger partial charge in [-0.05, 0) is 30.7 Å². The molecule has 1 aromatic rings. The van der Waals surface area contributed by atoms with Gasteiger partial charge in [0.2, 0.25) is 0 Å². The lowest BCUT2D eigenvalue weighted by Gasteiger charge is -2.06. The molecular weight excluding hydrogens is 224 g/mol. The smallest absolute Gasteiger partial charge is 0.251 e. The maximum Gasteiger partial charge on any atom is 0.251 e. The third-order valence-electron chi connectivity index (χ3n) is 2.12. The fourth-order valence-electron chi connectivity index (χ4n) is 1.31. The highest BCUT2D eigenvalue weighted by molar-refractivity contribution is 6.30. The van der Waals surface area contributed by atoms with E-state index in [4.69, 9.17) is 17.3 Å². The van der Waals surface area contributed by atoms with Crippen molar-refractivity contribution in [1.82, 2.24) is 5.32 Å². The minimum absolute atomic E-state index is 0.101. The first-order chi connectivity index (χ1) is 7.65. The average Bonchev–Trinajstić information content (AvgIpc) is 2.24. The molecule has 16 heavy (non-hydrogen) atoms. The van der Waals surface area contributed by atoms with Gasteiger partial charge in [0, 0.05) is 23.7 Å². The number of rotatable bonds is 4. The number of aryl methyl sites for hydroxylation is 1. The van der Waals surface area contributed by atoms with E-state index in [1.807, 2.05) is 13.0 Å².